The summed E-state index contributed by atoms with van der Waals surface area (Å²) in [4.78, 5) is 16.8. The molecule has 1 aliphatic heterocycles. The fraction of sp³-hybridized carbons (Fsp3) is 0.381. The topological polar surface area (TPSA) is 32.8 Å². The Kier molecular flexibility index (Phi) is 6.81. The van der Waals surface area contributed by atoms with Gasteiger partial charge in [-0.2, -0.15) is 0 Å². The minimum atomic E-state index is -0.236. The molecule has 0 aliphatic carbocycles. The zero-order valence-electron chi connectivity index (χ0n) is 15.9. The maximum Gasteiger partial charge on any atom is 0.260 e. The molecule has 4 nitrogen and oxygen atoms in total. The van der Waals surface area contributed by atoms with Gasteiger partial charge in [-0.05, 0) is 43.7 Å². The van der Waals surface area contributed by atoms with Crippen LogP contribution < -0.4 is 4.74 Å². The van der Waals surface area contributed by atoms with E-state index in [0.717, 1.165) is 18.7 Å². The van der Waals surface area contributed by atoms with Gasteiger partial charge in [-0.1, -0.05) is 41.4 Å². The summed E-state index contributed by atoms with van der Waals surface area (Å²) in [6.45, 7) is 6.09. The minimum absolute atomic E-state index is 0.0441. The van der Waals surface area contributed by atoms with Crippen molar-refractivity contribution in [3.8, 4) is 5.75 Å². The SMILES string of the molecule is CC1CN(C(=O)COc2cccc(Cl)c2Cl)C(C)CN1Cc1ccc(F)cc1. The molecule has 7 heteroatoms. The zero-order valence-corrected chi connectivity index (χ0v) is 17.4. The van der Waals surface area contributed by atoms with Gasteiger partial charge in [0.1, 0.15) is 16.6 Å². The van der Waals surface area contributed by atoms with Crippen molar-refractivity contribution in [3.63, 3.8) is 0 Å². The number of amides is 1. The Labute approximate surface area is 174 Å². The second kappa shape index (κ2) is 9.12. The van der Waals surface area contributed by atoms with Crippen molar-refractivity contribution < 1.29 is 13.9 Å². The first-order valence-electron chi connectivity index (χ1n) is 9.20. The molecule has 0 N–H and O–H groups in total. The molecule has 3 rings (SSSR count). The lowest BCUT2D eigenvalue weighted by atomic mass is 10.1. The highest BCUT2D eigenvalue weighted by molar-refractivity contribution is 6.42. The molecular weight excluding hydrogens is 402 g/mol. The number of rotatable bonds is 5. The van der Waals surface area contributed by atoms with Gasteiger partial charge in [-0.3, -0.25) is 9.69 Å². The van der Waals surface area contributed by atoms with E-state index in [9.17, 15) is 9.18 Å². The molecular formula is C21H23Cl2FN2O2. The third-order valence-corrected chi connectivity index (χ3v) is 5.80. The summed E-state index contributed by atoms with van der Waals surface area (Å²) in [5, 5.41) is 0.700. The van der Waals surface area contributed by atoms with Crippen LogP contribution in [0, 0.1) is 5.82 Å². The first-order valence-corrected chi connectivity index (χ1v) is 9.95. The quantitative estimate of drug-likeness (QED) is 0.700. The molecule has 0 bridgehead atoms. The number of carbonyl (C=O) groups excluding carboxylic acids is 1. The fourth-order valence-corrected chi connectivity index (χ4v) is 3.75. The highest BCUT2D eigenvalue weighted by Gasteiger charge is 2.32. The number of halogens is 3. The van der Waals surface area contributed by atoms with Crippen LogP contribution in [-0.4, -0.2) is 47.5 Å². The second-order valence-corrected chi connectivity index (χ2v) is 7.93. The van der Waals surface area contributed by atoms with Crippen molar-refractivity contribution in [2.75, 3.05) is 19.7 Å². The van der Waals surface area contributed by atoms with Crippen molar-refractivity contribution in [1.82, 2.24) is 9.80 Å². The first-order chi connectivity index (χ1) is 13.3. The lowest BCUT2D eigenvalue weighted by Gasteiger charge is -2.44. The Morgan fingerprint density at radius 2 is 1.82 bits per heavy atom. The van der Waals surface area contributed by atoms with Crippen molar-refractivity contribution in [2.24, 2.45) is 0 Å². The van der Waals surface area contributed by atoms with Crippen LogP contribution in [0.4, 0.5) is 4.39 Å². The molecule has 1 fully saturated rings. The summed E-state index contributed by atoms with van der Waals surface area (Å²) >= 11 is 12.1. The average molecular weight is 425 g/mol. The monoisotopic (exact) mass is 424 g/mol. The van der Waals surface area contributed by atoms with Crippen molar-refractivity contribution in [3.05, 3.63) is 63.9 Å². The largest absolute Gasteiger partial charge is 0.482 e. The van der Waals surface area contributed by atoms with E-state index >= 15 is 0 Å². The lowest BCUT2D eigenvalue weighted by molar-refractivity contribution is -0.139. The van der Waals surface area contributed by atoms with E-state index in [0.29, 0.717) is 22.3 Å². The van der Waals surface area contributed by atoms with Gasteiger partial charge in [0.05, 0.1) is 5.02 Å². The van der Waals surface area contributed by atoms with Crippen molar-refractivity contribution >= 4 is 29.1 Å². The molecule has 0 aromatic heterocycles. The number of ether oxygens (including phenoxy) is 1. The van der Waals surface area contributed by atoms with E-state index in [1.807, 2.05) is 11.8 Å². The molecule has 1 heterocycles. The van der Waals surface area contributed by atoms with E-state index in [-0.39, 0.29) is 30.4 Å². The summed E-state index contributed by atoms with van der Waals surface area (Å²) in [6, 6.07) is 11.9. The second-order valence-electron chi connectivity index (χ2n) is 7.14. The van der Waals surface area contributed by atoms with Gasteiger partial charge in [0.15, 0.2) is 6.61 Å². The van der Waals surface area contributed by atoms with E-state index in [1.54, 1.807) is 30.3 Å². The average Bonchev–Trinajstić information content (AvgIpc) is 2.67. The van der Waals surface area contributed by atoms with E-state index in [4.69, 9.17) is 27.9 Å². The van der Waals surface area contributed by atoms with Gasteiger partial charge in [0, 0.05) is 31.7 Å². The molecule has 1 amide bonds. The Bertz CT molecular complexity index is 832. The van der Waals surface area contributed by atoms with Gasteiger partial charge in [-0.25, -0.2) is 4.39 Å². The summed E-state index contributed by atoms with van der Waals surface area (Å²) in [5.41, 5.74) is 1.05. The van der Waals surface area contributed by atoms with Gasteiger partial charge >= 0.3 is 0 Å². The standard InChI is InChI=1S/C21H23Cl2FN2O2/c1-14-11-26(20(27)13-28-19-5-3-4-18(22)21(19)23)15(2)10-25(14)12-16-6-8-17(24)9-7-16/h3-9,14-15H,10-13H2,1-2H3. The molecule has 0 radical (unpaired) electrons. The Balaban J connectivity index is 1.57. The van der Waals surface area contributed by atoms with Gasteiger partial charge < -0.3 is 9.64 Å². The molecule has 0 spiro atoms. The summed E-state index contributed by atoms with van der Waals surface area (Å²) < 4.78 is 18.7. The summed E-state index contributed by atoms with van der Waals surface area (Å²) in [5.74, 6) is 0.0791. The highest BCUT2D eigenvalue weighted by Crippen LogP contribution is 2.31. The maximum atomic E-state index is 13.1. The molecule has 28 heavy (non-hydrogen) atoms. The third kappa shape index (κ3) is 4.96. The lowest BCUT2D eigenvalue weighted by Crippen LogP contribution is -2.58. The van der Waals surface area contributed by atoms with Crippen LogP contribution in [0.5, 0.6) is 5.75 Å². The Hall–Kier alpha value is -1.82. The molecule has 2 aromatic rings. The molecule has 2 aromatic carbocycles. The Morgan fingerprint density at radius 3 is 2.54 bits per heavy atom. The molecule has 1 aliphatic rings. The van der Waals surface area contributed by atoms with Crippen LogP contribution in [0.25, 0.3) is 0 Å². The van der Waals surface area contributed by atoms with E-state index < -0.39 is 0 Å². The van der Waals surface area contributed by atoms with Crippen LogP contribution in [-0.2, 0) is 11.3 Å². The number of carbonyl (C=O) groups is 1. The minimum Gasteiger partial charge on any atom is -0.482 e. The van der Waals surface area contributed by atoms with Crippen LogP contribution in [0.15, 0.2) is 42.5 Å². The molecule has 0 saturated carbocycles. The normalized spacial score (nSPS) is 20.2. The number of piperazine rings is 1. The predicted octanol–water partition coefficient (Wildman–Crippen LogP) is 4.63. The van der Waals surface area contributed by atoms with Crippen molar-refractivity contribution in [2.45, 2.75) is 32.5 Å². The van der Waals surface area contributed by atoms with E-state index in [1.165, 1.54) is 12.1 Å². The van der Waals surface area contributed by atoms with Crippen molar-refractivity contribution in [1.29, 1.82) is 0 Å². The first kappa shape index (κ1) is 20.9. The van der Waals surface area contributed by atoms with E-state index in [2.05, 4.69) is 11.8 Å². The number of benzene rings is 2. The van der Waals surface area contributed by atoms with Crippen LogP contribution in [0.3, 0.4) is 0 Å². The number of hydrogen-bond acceptors (Lipinski definition) is 3. The van der Waals surface area contributed by atoms with Crippen LogP contribution in [0.2, 0.25) is 10.0 Å². The maximum absolute atomic E-state index is 13.1. The highest BCUT2D eigenvalue weighted by atomic mass is 35.5. The van der Waals surface area contributed by atoms with Crippen LogP contribution in [0.1, 0.15) is 19.4 Å². The Morgan fingerprint density at radius 1 is 1.11 bits per heavy atom. The third-order valence-electron chi connectivity index (χ3n) is 5.00. The van der Waals surface area contributed by atoms with Gasteiger partial charge in [0.2, 0.25) is 0 Å². The predicted molar refractivity (Wildman–Crippen MR) is 109 cm³/mol. The summed E-state index contributed by atoms with van der Waals surface area (Å²) in [7, 11) is 0. The number of hydrogen-bond donors (Lipinski definition) is 0. The summed E-state index contributed by atoms with van der Waals surface area (Å²) in [6.07, 6.45) is 0. The fourth-order valence-electron chi connectivity index (χ4n) is 3.41. The zero-order chi connectivity index (χ0) is 20.3. The molecule has 1 saturated heterocycles. The molecule has 2 unspecified atom stereocenters. The van der Waals surface area contributed by atoms with Gasteiger partial charge in [0.25, 0.3) is 5.91 Å². The van der Waals surface area contributed by atoms with Crippen LogP contribution >= 0.6 is 23.2 Å². The van der Waals surface area contributed by atoms with Gasteiger partial charge in [-0.15, -0.1) is 0 Å². The number of nitrogens with zero attached hydrogens (tertiary/aromatic N) is 2. The molecule has 150 valence electrons. The smallest absolute Gasteiger partial charge is 0.260 e. The molecule has 2 atom stereocenters.